The molecule has 0 N–H and O–H groups in total. The van der Waals surface area contributed by atoms with Gasteiger partial charge in [-0.1, -0.05) is 144 Å². The molecule has 0 aliphatic heterocycles. The van der Waals surface area contributed by atoms with Crippen LogP contribution < -0.4 is 24.8 Å². The van der Waals surface area contributed by atoms with Crippen LogP contribution in [0.1, 0.15) is 182 Å². The molecule has 0 bridgehead atoms. The van der Waals surface area contributed by atoms with Gasteiger partial charge in [-0.05, 0) is 56.8 Å². The zero-order valence-electron chi connectivity index (χ0n) is 45.5. The van der Waals surface area contributed by atoms with Gasteiger partial charge >= 0.3 is 109 Å². The van der Waals surface area contributed by atoms with E-state index in [1.165, 1.54) is 102 Å². The minimum Gasteiger partial charge on any atom is -1.00 e. The van der Waals surface area contributed by atoms with Gasteiger partial charge in [0.25, 0.3) is 0 Å². The van der Waals surface area contributed by atoms with E-state index in [0.717, 1.165) is 25.7 Å². The van der Waals surface area contributed by atoms with Crippen LogP contribution in [0.2, 0.25) is 24.2 Å². The van der Waals surface area contributed by atoms with E-state index in [2.05, 4.69) is 234 Å². The summed E-state index contributed by atoms with van der Waals surface area (Å²) in [4.78, 5) is 0. The van der Waals surface area contributed by atoms with E-state index in [4.69, 9.17) is 0 Å². The maximum absolute atomic E-state index is 3.67. The minimum absolute atomic E-state index is 0. The number of fused-ring (bicyclic) bond motifs is 6. The first-order valence-electron chi connectivity index (χ1n) is 24.7. The zero-order valence-corrected chi connectivity index (χ0v) is 53.9. The summed E-state index contributed by atoms with van der Waals surface area (Å²) in [6, 6.07) is 36.2. The van der Waals surface area contributed by atoms with Gasteiger partial charge < -0.3 is 24.8 Å². The van der Waals surface area contributed by atoms with E-state index in [9.17, 15) is 0 Å². The fourth-order valence-corrected chi connectivity index (χ4v) is 8.58. The molecule has 0 aromatic heterocycles. The topological polar surface area (TPSA) is 0 Å². The number of hydrogen-bond donors (Lipinski definition) is 0. The maximum atomic E-state index is 3.67. The molecule has 0 atom stereocenters. The van der Waals surface area contributed by atoms with Crippen LogP contribution in [0.4, 0.5) is 0 Å². The van der Waals surface area contributed by atoms with Crippen LogP contribution in [0.25, 0.3) is 22.3 Å². The Morgan fingerprint density at radius 2 is 0.765 bits per heavy atom. The molecule has 0 nitrogen and oxygen atoms in total. The predicted molar refractivity (Wildman–Crippen MR) is 288 cm³/mol. The standard InChI is InChI=1S/2C21H25.2C6H7.2C4H10Si.2ClH.2Zr/c2*1-20(2,3)16-7-9-18-14(12-16)11-15-13-17(21(4,5)6)8-10-19(15)18;2*1-6-4-2-3-5-6;2*1-3-5-4-2;;;;/h2*7-10,12H,11H2,1-6H3;2*2,4H,3H2,1H3;2*3-4H2,1-2H3;2*1H;;/q4*-1;;;;;2*+2/p-2. The van der Waals surface area contributed by atoms with Gasteiger partial charge in [0.05, 0.1) is 0 Å². The van der Waals surface area contributed by atoms with Crippen molar-refractivity contribution in [2.45, 2.75) is 196 Å². The van der Waals surface area contributed by atoms with Gasteiger partial charge in [0.15, 0.2) is 0 Å². The number of hydrogen-bond acceptors (Lipinski definition) is 0. The molecule has 0 fully saturated rings. The third-order valence-corrected chi connectivity index (χ3v) is 26.2. The quantitative estimate of drug-likeness (QED) is 0.122. The summed E-state index contributed by atoms with van der Waals surface area (Å²) in [5, 5.41) is 0. The van der Waals surface area contributed by atoms with Gasteiger partial charge in [0, 0.05) is 0 Å². The molecule has 4 aliphatic carbocycles. The normalized spacial score (nSPS) is 13.4. The van der Waals surface area contributed by atoms with Crippen molar-refractivity contribution in [2.75, 3.05) is 0 Å². The van der Waals surface area contributed by atoms with Crippen LogP contribution in [-0.4, -0.2) is 10.9 Å². The van der Waals surface area contributed by atoms with Gasteiger partial charge in [-0.3, -0.25) is 12.2 Å². The Morgan fingerprint density at radius 1 is 0.456 bits per heavy atom. The second-order valence-corrected chi connectivity index (χ2v) is 37.9. The number of rotatable bonds is 4. The molecule has 0 unspecified atom stereocenters. The second kappa shape index (κ2) is 29.4. The summed E-state index contributed by atoms with van der Waals surface area (Å²) in [5.74, 6) is 0. The Balaban J connectivity index is 0.000000453. The smallest absolute Gasteiger partial charge is 1.00 e. The van der Waals surface area contributed by atoms with Crippen molar-refractivity contribution in [1.82, 2.24) is 0 Å². The molecule has 0 radical (unpaired) electrons. The Kier molecular flexibility index (Phi) is 27.9. The Labute approximate surface area is 461 Å². The average molecular weight is 1140 g/mol. The van der Waals surface area contributed by atoms with Crippen LogP contribution in [0.5, 0.6) is 0 Å². The summed E-state index contributed by atoms with van der Waals surface area (Å²) in [6.45, 7) is 40.5. The van der Waals surface area contributed by atoms with Gasteiger partial charge in [-0.2, -0.15) is 59.7 Å². The molecule has 6 heteroatoms. The van der Waals surface area contributed by atoms with E-state index in [1.807, 2.05) is 0 Å². The second-order valence-electron chi connectivity index (χ2n) is 22.2. The molecular formula is C62H84Cl2Si2Zr2-2. The first-order valence-corrected chi connectivity index (χ1v) is 35.9. The van der Waals surface area contributed by atoms with E-state index in [0.29, 0.717) is 0 Å². The molecule has 0 saturated carbocycles. The van der Waals surface area contributed by atoms with E-state index >= 15 is 0 Å². The SMILES string of the molecule is CC(C)(C)c1[c-]c2c(cc1)-c1ccc(C(C)(C)C)cc1C2.CC(C)(C)c1[c-]c2c(cc1)-c1ccc(C(C)(C)C)cc1C2.CC1=[C-]CC=C1.CC1=[C-]CC=C1.CC[Si](=[Zr+2])CC.CC[Si](=[Zr+2])CC.[Cl-].[Cl-]. The summed E-state index contributed by atoms with van der Waals surface area (Å²) in [5.41, 5.74) is 20.4. The fraction of sp³-hybridized carbons (Fsp3) is 0.484. The van der Waals surface area contributed by atoms with Crippen molar-refractivity contribution >= 4 is 10.9 Å². The van der Waals surface area contributed by atoms with E-state index in [1.54, 1.807) is 46.7 Å². The molecule has 4 aliphatic rings. The van der Waals surface area contributed by atoms with E-state index in [-0.39, 0.29) is 57.3 Å². The zero-order chi connectivity index (χ0) is 49.6. The first-order chi connectivity index (χ1) is 30.7. The van der Waals surface area contributed by atoms with Crippen LogP contribution >= 0.6 is 0 Å². The number of benzene rings is 4. The Bertz CT molecular complexity index is 2090. The Morgan fingerprint density at radius 3 is 0.971 bits per heavy atom. The monoisotopic (exact) mass is 1130 g/mol. The Hall–Kier alpha value is -1.38. The molecule has 0 spiro atoms. The molecule has 0 saturated heterocycles. The molecular weight excluding hydrogens is 1050 g/mol. The fourth-order valence-electron chi connectivity index (χ4n) is 7.58. The van der Waals surface area contributed by atoms with Gasteiger partial charge in [0.2, 0.25) is 0 Å². The van der Waals surface area contributed by atoms with Crippen molar-refractivity contribution < 1.29 is 71.5 Å². The van der Waals surface area contributed by atoms with Crippen LogP contribution in [-0.2, 0) is 81.2 Å². The van der Waals surface area contributed by atoms with Crippen LogP contribution in [0.3, 0.4) is 0 Å². The number of halogens is 2. The molecule has 0 heterocycles. The molecule has 8 rings (SSSR count). The molecule has 4 aromatic carbocycles. The third kappa shape index (κ3) is 20.6. The number of allylic oxidation sites excluding steroid dienone is 8. The summed E-state index contributed by atoms with van der Waals surface area (Å²) in [6.07, 6.45) is 18.7. The summed E-state index contributed by atoms with van der Waals surface area (Å²) < 4.78 is 0. The molecule has 0 amide bonds. The van der Waals surface area contributed by atoms with Gasteiger partial charge in [0.1, 0.15) is 0 Å². The van der Waals surface area contributed by atoms with Crippen molar-refractivity contribution in [3.63, 3.8) is 0 Å². The summed E-state index contributed by atoms with van der Waals surface area (Å²) in [7, 11) is 0. The first kappa shape index (κ1) is 64.6. The van der Waals surface area contributed by atoms with Crippen molar-refractivity contribution in [1.29, 1.82) is 0 Å². The largest absolute Gasteiger partial charge is 1.00 e. The van der Waals surface area contributed by atoms with Crippen molar-refractivity contribution in [2.24, 2.45) is 0 Å². The van der Waals surface area contributed by atoms with Gasteiger partial charge in [-0.25, -0.2) is 23.3 Å². The average Bonchev–Trinajstić information content (AvgIpc) is 4.09. The third-order valence-electron chi connectivity index (χ3n) is 12.4. The van der Waals surface area contributed by atoms with Crippen LogP contribution in [0.15, 0.2) is 96.1 Å². The van der Waals surface area contributed by atoms with E-state index < -0.39 is 0 Å². The van der Waals surface area contributed by atoms with Gasteiger partial charge in [-0.15, -0.1) is 35.1 Å². The molecule has 68 heavy (non-hydrogen) atoms. The maximum Gasteiger partial charge on any atom is -1.00 e. The predicted octanol–water partition coefficient (Wildman–Crippen LogP) is 11.8. The van der Waals surface area contributed by atoms with Crippen molar-refractivity contribution in [3.8, 4) is 22.3 Å². The van der Waals surface area contributed by atoms with Crippen molar-refractivity contribution in [3.05, 3.63) is 165 Å². The summed E-state index contributed by atoms with van der Waals surface area (Å²) >= 11 is 3.61. The molecule has 4 aromatic rings. The van der Waals surface area contributed by atoms with Crippen LogP contribution in [0, 0.1) is 24.3 Å². The minimum atomic E-state index is 0. The molecule has 364 valence electrons.